The number of benzene rings is 1. The van der Waals surface area contributed by atoms with E-state index in [0.717, 1.165) is 16.9 Å². The molecule has 1 aromatic heterocycles. The number of nitrogens with one attached hydrogen (secondary N) is 1. The maximum atomic E-state index is 13.0. The van der Waals surface area contributed by atoms with Gasteiger partial charge in [-0.3, -0.25) is 14.4 Å². The van der Waals surface area contributed by atoms with Gasteiger partial charge < -0.3 is 19.5 Å². The molecule has 0 saturated carbocycles. The lowest BCUT2D eigenvalue weighted by atomic mass is 9.96. The van der Waals surface area contributed by atoms with Crippen LogP contribution >= 0.6 is 11.8 Å². The third-order valence-corrected chi connectivity index (χ3v) is 5.44. The first-order valence-corrected chi connectivity index (χ1v) is 10.8. The second kappa shape index (κ2) is 9.65. The number of thioether (sulfide) groups is 1. The molecule has 2 aromatic rings. The summed E-state index contributed by atoms with van der Waals surface area (Å²) in [6.45, 7) is 1.61. The molecule has 0 radical (unpaired) electrons. The van der Waals surface area contributed by atoms with Gasteiger partial charge >= 0.3 is 0 Å². The molecular formula is C21H25N3O4S. The highest BCUT2D eigenvalue weighted by Crippen LogP contribution is 2.21. The number of amides is 2. The van der Waals surface area contributed by atoms with Crippen molar-refractivity contribution in [3.63, 3.8) is 0 Å². The van der Waals surface area contributed by atoms with Crippen molar-refractivity contribution in [3.05, 3.63) is 63.6 Å². The summed E-state index contributed by atoms with van der Waals surface area (Å²) in [5.74, 6) is 0.897. The summed E-state index contributed by atoms with van der Waals surface area (Å²) in [5, 5.41) is 0. The first-order chi connectivity index (χ1) is 14.0. The highest BCUT2D eigenvalue weighted by atomic mass is 32.2. The maximum Gasteiger partial charge on any atom is 0.261 e. The first-order valence-electron chi connectivity index (χ1n) is 9.44. The molecule has 1 aromatic carbocycles. The van der Waals surface area contributed by atoms with Gasteiger partial charge in [0, 0.05) is 26.3 Å². The monoisotopic (exact) mass is 415 g/mol. The number of pyridine rings is 1. The van der Waals surface area contributed by atoms with Gasteiger partial charge in [0.25, 0.3) is 11.5 Å². The van der Waals surface area contributed by atoms with Crippen LogP contribution in [0.4, 0.5) is 0 Å². The number of likely N-dealkylation sites (N-methyl/N-ethyl adjacent to an activating group) is 1. The number of carbonyl (C=O) groups is 2. The van der Waals surface area contributed by atoms with Crippen LogP contribution in [-0.4, -0.2) is 65.4 Å². The number of rotatable bonds is 7. The zero-order chi connectivity index (χ0) is 20.8. The maximum absolute atomic E-state index is 13.0. The number of nitrogens with zero attached hydrogens (tertiary/aromatic N) is 2. The molecule has 0 fully saturated rings. The number of H-pyrrole nitrogens is 1. The molecule has 2 amide bonds. The molecule has 2 heterocycles. The predicted molar refractivity (Wildman–Crippen MR) is 113 cm³/mol. The van der Waals surface area contributed by atoms with Crippen molar-refractivity contribution in [2.45, 2.75) is 13.0 Å². The summed E-state index contributed by atoms with van der Waals surface area (Å²) in [6, 6.07) is 9.37. The zero-order valence-corrected chi connectivity index (χ0v) is 17.5. The summed E-state index contributed by atoms with van der Waals surface area (Å²) in [7, 11) is 1.66. The normalized spacial score (nSPS) is 13.0. The van der Waals surface area contributed by atoms with Gasteiger partial charge in [0.1, 0.15) is 17.9 Å². The fourth-order valence-electron chi connectivity index (χ4n) is 3.33. The number of carbonyl (C=O) groups excluding carboxylic acids is 2. The number of ether oxygens (including phenoxy) is 1. The van der Waals surface area contributed by atoms with E-state index in [1.165, 1.54) is 16.7 Å². The minimum absolute atomic E-state index is 0.0670. The zero-order valence-electron chi connectivity index (χ0n) is 16.6. The minimum atomic E-state index is -0.395. The minimum Gasteiger partial charge on any atom is -0.492 e. The highest BCUT2D eigenvalue weighted by Gasteiger charge is 2.27. The average molecular weight is 416 g/mol. The SMILES string of the molecule is CSCC(=O)N1CCc2c(c[nH]c(=O)c2C(=O)N(C)CCOc2ccccc2)C1. The Balaban J connectivity index is 1.70. The summed E-state index contributed by atoms with van der Waals surface area (Å²) in [5.41, 5.74) is 1.33. The molecule has 1 N–H and O–H groups in total. The summed E-state index contributed by atoms with van der Waals surface area (Å²) < 4.78 is 5.64. The molecule has 29 heavy (non-hydrogen) atoms. The van der Waals surface area contributed by atoms with E-state index in [4.69, 9.17) is 4.74 Å². The van der Waals surface area contributed by atoms with E-state index in [1.807, 2.05) is 36.6 Å². The molecule has 8 heteroatoms. The van der Waals surface area contributed by atoms with E-state index in [2.05, 4.69) is 4.98 Å². The van der Waals surface area contributed by atoms with E-state index in [9.17, 15) is 14.4 Å². The molecule has 0 saturated heterocycles. The van der Waals surface area contributed by atoms with Crippen LogP contribution in [0.2, 0.25) is 0 Å². The summed E-state index contributed by atoms with van der Waals surface area (Å²) in [6.07, 6.45) is 4.00. The van der Waals surface area contributed by atoms with Crippen LogP contribution < -0.4 is 10.3 Å². The number of aromatic amines is 1. The molecule has 3 rings (SSSR count). The smallest absolute Gasteiger partial charge is 0.261 e. The lowest BCUT2D eigenvalue weighted by molar-refractivity contribution is -0.129. The number of hydrogen-bond acceptors (Lipinski definition) is 5. The molecular weight excluding hydrogens is 390 g/mol. The molecule has 1 aliphatic rings. The van der Waals surface area contributed by atoms with Crippen molar-refractivity contribution in [1.29, 1.82) is 0 Å². The molecule has 7 nitrogen and oxygen atoms in total. The number of hydrogen-bond donors (Lipinski definition) is 1. The van der Waals surface area contributed by atoms with Gasteiger partial charge in [-0.1, -0.05) is 18.2 Å². The second-order valence-corrected chi connectivity index (χ2v) is 7.75. The van der Waals surface area contributed by atoms with Crippen molar-refractivity contribution in [2.24, 2.45) is 0 Å². The lowest BCUT2D eigenvalue weighted by Gasteiger charge is -2.30. The largest absolute Gasteiger partial charge is 0.492 e. The Bertz CT molecular complexity index is 929. The van der Waals surface area contributed by atoms with Crippen LogP contribution in [0.5, 0.6) is 5.75 Å². The van der Waals surface area contributed by atoms with E-state index in [0.29, 0.717) is 38.4 Å². The molecule has 154 valence electrons. The molecule has 0 atom stereocenters. The Kier molecular flexibility index (Phi) is 6.98. The average Bonchev–Trinajstić information content (AvgIpc) is 2.73. The van der Waals surface area contributed by atoms with E-state index in [-0.39, 0.29) is 17.4 Å². The van der Waals surface area contributed by atoms with Gasteiger partial charge in [-0.2, -0.15) is 11.8 Å². The van der Waals surface area contributed by atoms with Crippen molar-refractivity contribution in [1.82, 2.24) is 14.8 Å². The van der Waals surface area contributed by atoms with Crippen LogP contribution in [0.15, 0.2) is 41.3 Å². The Morgan fingerprint density at radius 1 is 1.28 bits per heavy atom. The van der Waals surface area contributed by atoms with Gasteiger partial charge in [0.05, 0.1) is 12.3 Å². The van der Waals surface area contributed by atoms with E-state index < -0.39 is 5.56 Å². The van der Waals surface area contributed by atoms with Crippen LogP contribution in [-0.2, 0) is 17.8 Å². The Morgan fingerprint density at radius 3 is 2.76 bits per heavy atom. The Morgan fingerprint density at radius 2 is 2.03 bits per heavy atom. The van der Waals surface area contributed by atoms with Gasteiger partial charge in [-0.25, -0.2) is 0 Å². The topological polar surface area (TPSA) is 82.7 Å². The second-order valence-electron chi connectivity index (χ2n) is 6.88. The van der Waals surface area contributed by atoms with Gasteiger partial charge in [0.2, 0.25) is 5.91 Å². The fraction of sp³-hybridized carbons (Fsp3) is 0.381. The molecule has 0 unspecified atom stereocenters. The van der Waals surface area contributed by atoms with E-state index >= 15 is 0 Å². The Hall–Kier alpha value is -2.74. The third-order valence-electron chi connectivity index (χ3n) is 4.91. The standard InChI is InChI=1S/C21H25N3O4S/c1-23(10-11-28-16-6-4-3-5-7-16)21(27)19-17-8-9-24(18(25)14-29-2)13-15(17)12-22-20(19)26/h3-7,12H,8-11,13-14H2,1-2H3,(H,22,26). The van der Waals surface area contributed by atoms with Crippen LogP contribution in [0.1, 0.15) is 21.5 Å². The Labute approximate surface area is 174 Å². The van der Waals surface area contributed by atoms with Crippen molar-refractivity contribution in [2.75, 3.05) is 38.8 Å². The van der Waals surface area contributed by atoms with E-state index in [1.54, 1.807) is 18.1 Å². The van der Waals surface area contributed by atoms with Crippen molar-refractivity contribution in [3.8, 4) is 5.75 Å². The van der Waals surface area contributed by atoms with Gasteiger partial charge in [-0.15, -0.1) is 0 Å². The molecule has 0 bridgehead atoms. The van der Waals surface area contributed by atoms with Gasteiger partial charge in [0.15, 0.2) is 0 Å². The lowest BCUT2D eigenvalue weighted by Crippen LogP contribution is -2.41. The highest BCUT2D eigenvalue weighted by molar-refractivity contribution is 7.99. The van der Waals surface area contributed by atoms with Crippen molar-refractivity contribution < 1.29 is 14.3 Å². The van der Waals surface area contributed by atoms with Gasteiger partial charge in [-0.05, 0) is 35.9 Å². The quantitative estimate of drug-likeness (QED) is 0.745. The summed E-state index contributed by atoms with van der Waals surface area (Å²) in [4.78, 5) is 43.5. The number of para-hydroxylation sites is 1. The van der Waals surface area contributed by atoms with Crippen LogP contribution in [0.25, 0.3) is 0 Å². The summed E-state index contributed by atoms with van der Waals surface area (Å²) >= 11 is 1.48. The number of aromatic nitrogens is 1. The molecule has 1 aliphatic heterocycles. The molecule has 0 aliphatic carbocycles. The first kappa shape index (κ1) is 21.0. The molecule has 0 spiro atoms. The predicted octanol–water partition coefficient (Wildman–Crippen LogP) is 1.77. The van der Waals surface area contributed by atoms with Crippen LogP contribution in [0.3, 0.4) is 0 Å². The number of fused-ring (bicyclic) bond motifs is 1. The van der Waals surface area contributed by atoms with Crippen LogP contribution in [0, 0.1) is 0 Å². The van der Waals surface area contributed by atoms with Crippen molar-refractivity contribution >= 4 is 23.6 Å². The fourth-order valence-corrected chi connectivity index (χ4v) is 3.76. The third kappa shape index (κ3) is 5.00.